The first-order chi connectivity index (χ1) is 21.2. The van der Waals surface area contributed by atoms with Crippen LogP contribution in [0.5, 0.6) is 5.75 Å². The molecule has 0 bridgehead atoms. The normalized spacial score (nSPS) is 33.0. The summed E-state index contributed by atoms with van der Waals surface area (Å²) < 4.78 is 10.7. The summed E-state index contributed by atoms with van der Waals surface area (Å²) in [4.78, 5) is 35.5. The number of carbonyl (C=O) groups excluding carboxylic acids is 2. The van der Waals surface area contributed by atoms with Gasteiger partial charge >= 0.3 is 5.97 Å². The SMILES string of the molecule is CC[C@]12CCCN3CC[C@@]4(c5ccc(OC)cc5N(C)[C@H]4[C@@](O)(C(=O)N[C@@H](Cc4c[nH]c5ccccc45)C(=O)OC)[C@@H]1O)[C@@H]32. The minimum Gasteiger partial charge on any atom is -0.497 e. The summed E-state index contributed by atoms with van der Waals surface area (Å²) >= 11 is 0. The second kappa shape index (κ2) is 10.2. The van der Waals surface area contributed by atoms with Gasteiger partial charge in [0, 0.05) is 59.2 Å². The first kappa shape index (κ1) is 29.1. The third-order valence-electron chi connectivity index (χ3n) is 11.5. The van der Waals surface area contributed by atoms with Gasteiger partial charge in [-0.3, -0.25) is 9.69 Å². The fourth-order valence-electron chi connectivity index (χ4n) is 9.81. The molecule has 44 heavy (non-hydrogen) atoms. The summed E-state index contributed by atoms with van der Waals surface area (Å²) in [7, 11) is 4.80. The highest BCUT2D eigenvalue weighted by Crippen LogP contribution is 2.67. The van der Waals surface area contributed by atoms with E-state index in [9.17, 15) is 19.8 Å². The number of piperidine rings is 1. The molecule has 1 aromatic heterocycles. The highest BCUT2D eigenvalue weighted by Gasteiger charge is 2.79. The second-order valence-corrected chi connectivity index (χ2v) is 13.2. The Morgan fingerprint density at radius 3 is 2.68 bits per heavy atom. The van der Waals surface area contributed by atoms with Crippen LogP contribution in [0.3, 0.4) is 0 Å². The molecular weight excluding hydrogens is 560 g/mol. The molecule has 234 valence electrons. The number of rotatable bonds is 7. The smallest absolute Gasteiger partial charge is 0.328 e. The van der Waals surface area contributed by atoms with Gasteiger partial charge in [-0.1, -0.05) is 31.2 Å². The molecular formula is C34H42N4O6. The number of H-pyrrole nitrogens is 1. The zero-order valence-corrected chi connectivity index (χ0v) is 25.8. The number of para-hydroxylation sites is 1. The number of ether oxygens (including phenoxy) is 2. The van der Waals surface area contributed by atoms with Crippen LogP contribution < -0.4 is 15.0 Å². The third kappa shape index (κ3) is 3.64. The summed E-state index contributed by atoms with van der Waals surface area (Å²) in [6.07, 6.45) is 3.53. The van der Waals surface area contributed by atoms with Crippen molar-refractivity contribution >= 4 is 28.5 Å². The van der Waals surface area contributed by atoms with Crippen LogP contribution in [-0.4, -0.2) is 96.2 Å². The fourth-order valence-corrected chi connectivity index (χ4v) is 9.81. The lowest BCUT2D eigenvalue weighted by molar-refractivity contribution is -0.222. The molecule has 3 aromatic rings. The maximum atomic E-state index is 14.7. The number of benzene rings is 2. The number of aromatic amines is 1. The number of esters is 1. The largest absolute Gasteiger partial charge is 0.497 e. The van der Waals surface area contributed by atoms with Gasteiger partial charge in [-0.05, 0) is 62.0 Å². The maximum absolute atomic E-state index is 14.7. The van der Waals surface area contributed by atoms with Crippen molar-refractivity contribution in [2.75, 3.05) is 39.3 Å². The van der Waals surface area contributed by atoms with E-state index in [1.54, 1.807) is 7.11 Å². The Hall–Kier alpha value is -3.60. The minimum absolute atomic E-state index is 0.0541. The number of nitrogens with zero attached hydrogens (tertiary/aromatic N) is 2. The van der Waals surface area contributed by atoms with E-state index in [1.165, 1.54) is 7.11 Å². The number of hydrogen-bond acceptors (Lipinski definition) is 8. The minimum atomic E-state index is -2.23. The molecule has 4 aliphatic rings. The molecule has 0 unspecified atom stereocenters. The molecule has 0 radical (unpaired) electrons. The molecule has 1 amide bonds. The quantitative estimate of drug-likeness (QED) is 0.304. The zero-order valence-electron chi connectivity index (χ0n) is 25.8. The van der Waals surface area contributed by atoms with Gasteiger partial charge in [0.15, 0.2) is 5.60 Å². The number of amides is 1. The second-order valence-electron chi connectivity index (χ2n) is 13.2. The Kier molecular flexibility index (Phi) is 6.77. The fraction of sp³-hybridized carbons (Fsp3) is 0.529. The Bertz CT molecular complexity index is 1620. The molecule has 2 aromatic carbocycles. The van der Waals surface area contributed by atoms with Gasteiger partial charge in [0.2, 0.25) is 0 Å². The lowest BCUT2D eigenvalue weighted by Gasteiger charge is -2.65. The van der Waals surface area contributed by atoms with Crippen molar-refractivity contribution in [3.63, 3.8) is 0 Å². The van der Waals surface area contributed by atoms with E-state index >= 15 is 0 Å². The highest BCUT2D eigenvalue weighted by molar-refractivity contribution is 5.94. The number of hydrogen-bond donors (Lipinski definition) is 4. The van der Waals surface area contributed by atoms with Gasteiger partial charge in [-0.15, -0.1) is 0 Å². The van der Waals surface area contributed by atoms with Gasteiger partial charge in [0.25, 0.3) is 5.91 Å². The molecule has 7 rings (SSSR count). The van der Waals surface area contributed by atoms with Crippen molar-refractivity contribution in [2.45, 2.75) is 74.3 Å². The van der Waals surface area contributed by atoms with Crippen LogP contribution in [0.4, 0.5) is 5.69 Å². The topological polar surface area (TPSA) is 127 Å². The molecule has 4 N–H and O–H groups in total. The monoisotopic (exact) mass is 602 g/mol. The summed E-state index contributed by atoms with van der Waals surface area (Å²) in [5.74, 6) is -0.691. The standard InChI is InChI=1S/C34H42N4O6/c1-5-32-13-8-15-38-16-14-33(28(32)38)23-12-11-21(43-3)18-26(23)37(2)29(33)34(42,30(32)40)31(41)36-25(27(39)44-4)17-20-19-35-24-10-7-6-9-22(20)24/h6-7,9-12,18-19,25,28-30,35,40,42H,5,8,13-17H2,1-4H3,(H,36,41)/t25-,28-,29+,30+,32+,33+,34-/m0/s1. The molecule has 3 fully saturated rings. The van der Waals surface area contributed by atoms with Crippen LogP contribution in [0.25, 0.3) is 10.9 Å². The van der Waals surface area contributed by atoms with E-state index < -0.39 is 46.5 Å². The number of carbonyl (C=O) groups is 2. The number of methoxy groups -OCH3 is 2. The van der Waals surface area contributed by atoms with Crippen molar-refractivity contribution in [3.8, 4) is 5.75 Å². The summed E-state index contributed by atoms with van der Waals surface area (Å²) in [5.41, 5.74) is 0.140. The lowest BCUT2D eigenvalue weighted by Crippen LogP contribution is -2.82. The number of anilines is 1. The first-order valence-corrected chi connectivity index (χ1v) is 15.7. The predicted octanol–water partition coefficient (Wildman–Crippen LogP) is 2.50. The summed E-state index contributed by atoms with van der Waals surface area (Å²) in [5, 5.41) is 29.3. The van der Waals surface area contributed by atoms with Crippen molar-refractivity contribution in [1.29, 1.82) is 0 Å². The molecule has 7 atom stereocenters. The molecule has 3 aliphatic heterocycles. The van der Waals surface area contributed by atoms with Crippen molar-refractivity contribution < 1.29 is 29.3 Å². The van der Waals surface area contributed by atoms with Crippen LogP contribution >= 0.6 is 0 Å². The number of aromatic nitrogens is 1. The zero-order chi connectivity index (χ0) is 31.0. The van der Waals surface area contributed by atoms with Crippen molar-refractivity contribution in [3.05, 3.63) is 59.8 Å². The summed E-state index contributed by atoms with van der Waals surface area (Å²) in [6.45, 7) is 3.79. The average Bonchev–Trinajstić information content (AvgIpc) is 3.72. The van der Waals surface area contributed by atoms with Crippen LogP contribution in [0.1, 0.15) is 43.7 Å². The Balaban J connectivity index is 1.34. The van der Waals surface area contributed by atoms with E-state index in [1.807, 2.05) is 54.5 Å². The highest BCUT2D eigenvalue weighted by atomic mass is 16.5. The van der Waals surface area contributed by atoms with Gasteiger partial charge in [-0.2, -0.15) is 0 Å². The number of fused-ring (bicyclic) bond motifs is 2. The molecule has 10 nitrogen and oxygen atoms in total. The Labute approximate surface area is 257 Å². The van der Waals surface area contributed by atoms with Crippen LogP contribution in [-0.2, 0) is 26.2 Å². The third-order valence-corrected chi connectivity index (χ3v) is 11.5. The average molecular weight is 603 g/mol. The van der Waals surface area contributed by atoms with Crippen molar-refractivity contribution in [2.24, 2.45) is 5.41 Å². The number of likely N-dealkylation sites (N-methyl/N-ethyl adjacent to an activating group) is 1. The van der Waals surface area contributed by atoms with Crippen molar-refractivity contribution in [1.82, 2.24) is 15.2 Å². The van der Waals surface area contributed by atoms with E-state index in [2.05, 4.69) is 28.2 Å². The van der Waals surface area contributed by atoms with Crippen LogP contribution in [0.2, 0.25) is 0 Å². The van der Waals surface area contributed by atoms with Gasteiger partial charge < -0.3 is 34.9 Å². The predicted molar refractivity (Wildman–Crippen MR) is 166 cm³/mol. The van der Waals surface area contributed by atoms with Gasteiger partial charge in [0.05, 0.1) is 20.3 Å². The van der Waals surface area contributed by atoms with E-state index in [0.717, 1.165) is 53.6 Å². The molecule has 1 saturated carbocycles. The number of aliphatic hydroxyl groups is 2. The molecule has 2 saturated heterocycles. The summed E-state index contributed by atoms with van der Waals surface area (Å²) in [6, 6.07) is 11.8. The maximum Gasteiger partial charge on any atom is 0.328 e. The number of aliphatic hydroxyl groups excluding tert-OH is 1. The van der Waals surface area contributed by atoms with Crippen LogP contribution in [0.15, 0.2) is 48.7 Å². The van der Waals surface area contributed by atoms with E-state index in [-0.39, 0.29) is 12.5 Å². The van der Waals surface area contributed by atoms with Gasteiger partial charge in [0.1, 0.15) is 17.9 Å². The molecule has 1 spiro atoms. The van der Waals surface area contributed by atoms with Crippen LogP contribution in [0, 0.1) is 5.41 Å². The molecule has 10 heteroatoms. The molecule has 1 aliphatic carbocycles. The lowest BCUT2D eigenvalue weighted by atomic mass is 9.46. The Morgan fingerprint density at radius 2 is 1.93 bits per heavy atom. The number of nitrogens with one attached hydrogen (secondary N) is 2. The first-order valence-electron chi connectivity index (χ1n) is 15.7. The molecule has 4 heterocycles. The van der Waals surface area contributed by atoms with Gasteiger partial charge in [-0.25, -0.2) is 4.79 Å². The van der Waals surface area contributed by atoms with E-state index in [4.69, 9.17) is 9.47 Å². The Morgan fingerprint density at radius 1 is 1.14 bits per heavy atom. The van der Waals surface area contributed by atoms with E-state index in [0.29, 0.717) is 18.6 Å².